The number of hydrogen-bond acceptors (Lipinski definition) is 5. The average Bonchev–Trinajstić information content (AvgIpc) is 2.54. The third-order valence-electron chi connectivity index (χ3n) is 4.12. The van der Waals surface area contributed by atoms with Crippen LogP contribution in [0.25, 0.3) is 0 Å². The maximum absolute atomic E-state index is 14.0. The van der Waals surface area contributed by atoms with Crippen molar-refractivity contribution < 1.29 is 17.5 Å². The van der Waals surface area contributed by atoms with Gasteiger partial charge >= 0.3 is 0 Å². The second-order valence-corrected chi connectivity index (χ2v) is 8.43. The molecule has 0 bridgehead atoms. The Balaban J connectivity index is 1.88. The summed E-state index contributed by atoms with van der Waals surface area (Å²) in [6.07, 6.45) is 2.95. The number of methoxy groups -OCH3 is 1. The minimum atomic E-state index is -3.19. The van der Waals surface area contributed by atoms with E-state index in [2.05, 4.69) is 10.3 Å². The summed E-state index contributed by atoms with van der Waals surface area (Å²) < 4.78 is 44.7. The first kappa shape index (κ1) is 18.1. The molecule has 1 N–H and O–H groups in total. The van der Waals surface area contributed by atoms with Crippen molar-refractivity contribution in [2.45, 2.75) is 44.5 Å². The largest absolute Gasteiger partial charge is 0.479 e. The van der Waals surface area contributed by atoms with Gasteiger partial charge in [-0.15, -0.1) is 0 Å². The van der Waals surface area contributed by atoms with E-state index in [9.17, 15) is 12.8 Å². The number of nitrogens with one attached hydrogen (secondary N) is 1. The SMILES string of the molecule is COc1nccc(CNC2CCN(S(=O)(=O)C(C)C)CC2)c1F. The maximum Gasteiger partial charge on any atom is 0.250 e. The highest BCUT2D eigenvalue weighted by Gasteiger charge is 2.30. The lowest BCUT2D eigenvalue weighted by Crippen LogP contribution is -2.46. The van der Waals surface area contributed by atoms with Gasteiger partial charge in [-0.3, -0.25) is 0 Å². The van der Waals surface area contributed by atoms with Gasteiger partial charge in [-0.05, 0) is 32.8 Å². The summed E-state index contributed by atoms with van der Waals surface area (Å²) in [6.45, 7) is 4.76. The van der Waals surface area contributed by atoms with Crippen LogP contribution in [0.3, 0.4) is 0 Å². The monoisotopic (exact) mass is 345 g/mol. The van der Waals surface area contributed by atoms with Crippen LogP contribution >= 0.6 is 0 Å². The molecule has 0 aliphatic carbocycles. The van der Waals surface area contributed by atoms with Crippen molar-refractivity contribution in [3.63, 3.8) is 0 Å². The van der Waals surface area contributed by atoms with Crippen LogP contribution in [-0.2, 0) is 16.6 Å². The number of pyridine rings is 1. The summed E-state index contributed by atoms with van der Waals surface area (Å²) >= 11 is 0. The van der Waals surface area contributed by atoms with E-state index >= 15 is 0 Å². The number of rotatable bonds is 6. The normalized spacial score (nSPS) is 17.6. The summed E-state index contributed by atoms with van der Waals surface area (Å²) in [5.74, 6) is -0.468. The van der Waals surface area contributed by atoms with Crippen molar-refractivity contribution in [1.29, 1.82) is 0 Å². The van der Waals surface area contributed by atoms with Gasteiger partial charge in [0.25, 0.3) is 0 Å². The van der Waals surface area contributed by atoms with Gasteiger partial charge in [0.2, 0.25) is 15.9 Å². The second kappa shape index (κ2) is 7.55. The number of piperidine rings is 1. The van der Waals surface area contributed by atoms with Crippen molar-refractivity contribution in [3.8, 4) is 5.88 Å². The number of nitrogens with zero attached hydrogens (tertiary/aromatic N) is 2. The first-order chi connectivity index (χ1) is 10.9. The van der Waals surface area contributed by atoms with Gasteiger partial charge in [-0.1, -0.05) is 0 Å². The molecule has 0 spiro atoms. The molecule has 1 aromatic rings. The maximum atomic E-state index is 14.0. The standard InChI is InChI=1S/C15H24FN3O3S/c1-11(2)23(20,21)19-8-5-13(6-9-19)18-10-12-4-7-17-15(22-3)14(12)16/h4,7,11,13,18H,5-6,8-10H2,1-3H3. The van der Waals surface area contributed by atoms with Gasteiger partial charge in [-0.25, -0.2) is 22.1 Å². The van der Waals surface area contributed by atoms with Crippen LogP contribution in [0.4, 0.5) is 4.39 Å². The molecule has 0 atom stereocenters. The molecule has 1 aliphatic heterocycles. The fourth-order valence-corrected chi connectivity index (χ4v) is 3.92. The minimum absolute atomic E-state index is 0.0119. The van der Waals surface area contributed by atoms with Gasteiger partial charge < -0.3 is 10.1 Å². The number of sulfonamides is 1. The highest BCUT2D eigenvalue weighted by atomic mass is 32.2. The van der Waals surface area contributed by atoms with Gasteiger partial charge in [0.1, 0.15) is 0 Å². The second-order valence-electron chi connectivity index (χ2n) is 5.94. The zero-order valence-electron chi connectivity index (χ0n) is 13.8. The molecule has 0 saturated carbocycles. The quantitative estimate of drug-likeness (QED) is 0.846. The third kappa shape index (κ3) is 4.19. The summed E-state index contributed by atoms with van der Waals surface area (Å²) in [5.41, 5.74) is 0.495. The van der Waals surface area contributed by atoms with E-state index in [4.69, 9.17) is 4.74 Å². The molecule has 0 aromatic carbocycles. The average molecular weight is 345 g/mol. The molecule has 23 heavy (non-hydrogen) atoms. The van der Waals surface area contributed by atoms with Crippen molar-refractivity contribution in [1.82, 2.24) is 14.6 Å². The van der Waals surface area contributed by atoms with Gasteiger partial charge in [0.05, 0.1) is 12.4 Å². The summed E-state index contributed by atoms with van der Waals surface area (Å²) in [5, 5.41) is 2.89. The number of halogens is 1. The Labute approximate surface area is 137 Å². The molecule has 130 valence electrons. The Morgan fingerprint density at radius 1 is 1.43 bits per heavy atom. The Bertz CT molecular complexity index is 629. The first-order valence-corrected chi connectivity index (χ1v) is 9.26. The molecule has 1 fully saturated rings. The highest BCUT2D eigenvalue weighted by Crippen LogP contribution is 2.19. The minimum Gasteiger partial charge on any atom is -0.479 e. The molecule has 6 nitrogen and oxygen atoms in total. The van der Waals surface area contributed by atoms with Gasteiger partial charge in [0, 0.05) is 37.4 Å². The highest BCUT2D eigenvalue weighted by molar-refractivity contribution is 7.89. The zero-order valence-corrected chi connectivity index (χ0v) is 14.6. The van der Waals surface area contributed by atoms with E-state index < -0.39 is 21.1 Å². The Morgan fingerprint density at radius 2 is 2.09 bits per heavy atom. The topological polar surface area (TPSA) is 71.5 Å². The van der Waals surface area contributed by atoms with Crippen LogP contribution in [0.1, 0.15) is 32.3 Å². The van der Waals surface area contributed by atoms with Crippen molar-refractivity contribution >= 4 is 10.0 Å². The molecule has 1 aliphatic rings. The summed E-state index contributed by atoms with van der Waals surface area (Å²) in [7, 11) is -1.80. The fraction of sp³-hybridized carbons (Fsp3) is 0.667. The first-order valence-electron chi connectivity index (χ1n) is 7.76. The lowest BCUT2D eigenvalue weighted by Gasteiger charge is -2.32. The smallest absolute Gasteiger partial charge is 0.250 e. The van der Waals surface area contributed by atoms with Crippen molar-refractivity contribution in [3.05, 3.63) is 23.6 Å². The lowest BCUT2D eigenvalue weighted by molar-refractivity contribution is 0.285. The fourth-order valence-electron chi connectivity index (χ4n) is 2.61. The van der Waals surface area contributed by atoms with Crippen LogP contribution in [0.15, 0.2) is 12.3 Å². The van der Waals surface area contributed by atoms with Gasteiger partial charge in [0.15, 0.2) is 5.82 Å². The summed E-state index contributed by atoms with van der Waals surface area (Å²) in [6, 6.07) is 1.79. The van der Waals surface area contributed by atoms with E-state index in [1.165, 1.54) is 13.3 Å². The van der Waals surface area contributed by atoms with Crippen LogP contribution in [0.2, 0.25) is 0 Å². The van der Waals surface area contributed by atoms with Crippen LogP contribution in [0, 0.1) is 5.82 Å². The Kier molecular flexibility index (Phi) is 5.94. The molecule has 1 aromatic heterocycles. The lowest BCUT2D eigenvalue weighted by atomic mass is 10.1. The van der Waals surface area contributed by atoms with Crippen molar-refractivity contribution in [2.24, 2.45) is 0 Å². The molecule has 1 saturated heterocycles. The van der Waals surface area contributed by atoms with Gasteiger partial charge in [-0.2, -0.15) is 0 Å². The van der Waals surface area contributed by atoms with E-state index in [0.29, 0.717) is 25.2 Å². The number of ether oxygens (including phenoxy) is 1. The molecular formula is C15H24FN3O3S. The van der Waals surface area contributed by atoms with Crippen LogP contribution in [0.5, 0.6) is 5.88 Å². The molecular weight excluding hydrogens is 321 g/mol. The molecule has 2 heterocycles. The third-order valence-corrected chi connectivity index (χ3v) is 6.40. The number of hydrogen-bond donors (Lipinski definition) is 1. The molecule has 8 heteroatoms. The van der Waals surface area contributed by atoms with Crippen molar-refractivity contribution in [2.75, 3.05) is 20.2 Å². The van der Waals surface area contributed by atoms with E-state index in [0.717, 1.165) is 12.8 Å². The Hall–Kier alpha value is -1.25. The Morgan fingerprint density at radius 3 is 2.65 bits per heavy atom. The van der Waals surface area contributed by atoms with Crippen LogP contribution in [-0.4, -0.2) is 49.2 Å². The number of aromatic nitrogens is 1. The van der Waals surface area contributed by atoms with E-state index in [1.807, 2.05) is 0 Å². The predicted molar refractivity (Wildman–Crippen MR) is 86.2 cm³/mol. The van der Waals surface area contributed by atoms with E-state index in [-0.39, 0.29) is 11.9 Å². The molecule has 0 amide bonds. The van der Waals surface area contributed by atoms with Crippen LogP contribution < -0.4 is 10.1 Å². The molecule has 0 unspecified atom stereocenters. The molecule has 2 rings (SSSR count). The predicted octanol–water partition coefficient (Wildman–Crippen LogP) is 1.52. The zero-order chi connectivity index (χ0) is 17.0. The summed E-state index contributed by atoms with van der Waals surface area (Å²) in [4.78, 5) is 3.81. The molecule has 0 radical (unpaired) electrons. The van der Waals surface area contributed by atoms with E-state index in [1.54, 1.807) is 24.2 Å².